The monoisotopic (exact) mass is 376 g/mol. The minimum absolute atomic E-state index is 0.0973. The number of amides is 1. The Kier molecular flexibility index (Phi) is 9.08. The number of carbonyl (C=O) groups excluding carboxylic acids is 1. The van der Waals surface area contributed by atoms with Crippen molar-refractivity contribution in [2.75, 3.05) is 38.7 Å². The zero-order valence-electron chi connectivity index (χ0n) is 17.3. The number of hydrogen-bond acceptors (Lipinski definition) is 4. The summed E-state index contributed by atoms with van der Waals surface area (Å²) in [7, 11) is 1.60. The Balaban J connectivity index is 1.78. The molecule has 1 N–H and O–H groups in total. The van der Waals surface area contributed by atoms with Crippen LogP contribution in [0.5, 0.6) is 5.75 Å². The Morgan fingerprint density at radius 1 is 1.15 bits per heavy atom. The van der Waals surface area contributed by atoms with Crippen LogP contribution in [0.4, 0.5) is 5.69 Å². The molecule has 152 valence electrons. The zero-order chi connectivity index (χ0) is 19.5. The fourth-order valence-electron chi connectivity index (χ4n) is 3.39. The maximum Gasteiger partial charge on any atom is 0.256 e. The molecule has 1 aliphatic rings. The molecule has 1 saturated heterocycles. The second-order valence-electron chi connectivity index (χ2n) is 7.62. The number of methoxy groups -OCH3 is 1. The summed E-state index contributed by atoms with van der Waals surface area (Å²) in [4.78, 5) is 15.1. The van der Waals surface area contributed by atoms with Gasteiger partial charge in [0.15, 0.2) is 0 Å². The van der Waals surface area contributed by atoms with Crippen LogP contribution in [0.15, 0.2) is 24.3 Å². The molecule has 1 aliphatic heterocycles. The molecule has 1 aromatic rings. The Bertz CT molecular complexity index is 555. The summed E-state index contributed by atoms with van der Waals surface area (Å²) in [6, 6.07) is 7.59. The summed E-state index contributed by atoms with van der Waals surface area (Å²) in [6.45, 7) is 8.06. The van der Waals surface area contributed by atoms with Crippen LogP contribution in [-0.2, 0) is 9.53 Å². The van der Waals surface area contributed by atoms with Crippen LogP contribution in [0.2, 0.25) is 0 Å². The smallest absolute Gasteiger partial charge is 0.256 e. The van der Waals surface area contributed by atoms with Gasteiger partial charge in [0.05, 0.1) is 0 Å². The quantitative estimate of drug-likeness (QED) is 0.579. The average molecular weight is 377 g/mol. The highest BCUT2D eigenvalue weighted by Crippen LogP contribution is 2.22. The molecule has 0 aliphatic carbocycles. The molecule has 1 fully saturated rings. The molecule has 2 rings (SSSR count). The van der Waals surface area contributed by atoms with Gasteiger partial charge < -0.3 is 14.8 Å². The van der Waals surface area contributed by atoms with E-state index in [1.54, 1.807) is 7.11 Å². The summed E-state index contributed by atoms with van der Waals surface area (Å²) in [5, 5.41) is 2.97. The van der Waals surface area contributed by atoms with E-state index in [9.17, 15) is 4.79 Å². The van der Waals surface area contributed by atoms with E-state index in [2.05, 4.69) is 17.1 Å². The lowest BCUT2D eigenvalue weighted by molar-refractivity contribution is -0.136. The molecule has 5 heteroatoms. The first-order valence-electron chi connectivity index (χ1n) is 10.4. The predicted octanol–water partition coefficient (Wildman–Crippen LogP) is 4.48. The van der Waals surface area contributed by atoms with E-state index in [-0.39, 0.29) is 5.91 Å². The number of rotatable bonds is 11. The van der Waals surface area contributed by atoms with Gasteiger partial charge in [-0.15, -0.1) is 0 Å². The van der Waals surface area contributed by atoms with Gasteiger partial charge in [-0.2, -0.15) is 0 Å². The van der Waals surface area contributed by atoms with Crippen molar-refractivity contribution >= 4 is 11.6 Å². The fourth-order valence-corrected chi connectivity index (χ4v) is 3.39. The number of benzene rings is 1. The average Bonchev–Trinajstić information content (AvgIpc) is 2.70. The molecule has 0 aromatic heterocycles. The lowest BCUT2D eigenvalue weighted by atomic mass is 9.97. The van der Waals surface area contributed by atoms with Crippen molar-refractivity contribution in [1.82, 2.24) is 4.90 Å². The summed E-state index contributed by atoms with van der Waals surface area (Å²) < 4.78 is 11.4. The molecule has 0 spiro atoms. The van der Waals surface area contributed by atoms with Crippen molar-refractivity contribution in [3.05, 3.63) is 24.3 Å². The number of piperidine rings is 1. The molecule has 0 saturated carbocycles. The van der Waals surface area contributed by atoms with Crippen LogP contribution >= 0.6 is 0 Å². The van der Waals surface area contributed by atoms with Crippen LogP contribution in [-0.4, -0.2) is 49.8 Å². The molecule has 0 radical (unpaired) electrons. The first-order chi connectivity index (χ1) is 13.1. The molecule has 27 heavy (non-hydrogen) atoms. The lowest BCUT2D eigenvalue weighted by Gasteiger charge is -2.27. The van der Waals surface area contributed by atoms with Gasteiger partial charge in [-0.1, -0.05) is 32.6 Å². The second kappa shape index (κ2) is 11.3. The van der Waals surface area contributed by atoms with Crippen LogP contribution < -0.4 is 10.1 Å². The first-order valence-corrected chi connectivity index (χ1v) is 10.4. The maximum atomic E-state index is 12.6. The maximum absolute atomic E-state index is 12.6. The minimum Gasteiger partial charge on any atom is -0.492 e. The van der Waals surface area contributed by atoms with Gasteiger partial charge in [0.25, 0.3) is 5.91 Å². The zero-order valence-corrected chi connectivity index (χ0v) is 17.3. The third-order valence-corrected chi connectivity index (χ3v) is 5.43. The second-order valence-corrected chi connectivity index (χ2v) is 7.62. The normalized spacial score (nSPS) is 17.3. The number of unbranched alkanes of at least 4 members (excludes halogenated alkanes) is 2. The number of carbonyl (C=O) groups is 1. The first kappa shape index (κ1) is 21.7. The number of hydrogen-bond donors (Lipinski definition) is 1. The third-order valence-electron chi connectivity index (χ3n) is 5.43. The molecular weight excluding hydrogens is 340 g/mol. The molecule has 1 unspecified atom stereocenters. The minimum atomic E-state index is -0.793. The summed E-state index contributed by atoms with van der Waals surface area (Å²) >= 11 is 0. The van der Waals surface area contributed by atoms with Gasteiger partial charge in [-0.3, -0.25) is 9.69 Å². The molecule has 1 heterocycles. The number of ether oxygens (including phenoxy) is 2. The van der Waals surface area contributed by atoms with Crippen LogP contribution in [0, 0.1) is 0 Å². The van der Waals surface area contributed by atoms with E-state index >= 15 is 0 Å². The number of anilines is 1. The Labute approximate surface area is 164 Å². The highest BCUT2D eigenvalue weighted by molar-refractivity contribution is 5.97. The molecular formula is C22H36N2O3. The highest BCUT2D eigenvalue weighted by atomic mass is 16.5. The van der Waals surface area contributed by atoms with E-state index in [0.29, 0.717) is 6.61 Å². The van der Waals surface area contributed by atoms with E-state index < -0.39 is 5.60 Å². The van der Waals surface area contributed by atoms with Gasteiger partial charge in [0, 0.05) is 19.3 Å². The highest BCUT2D eigenvalue weighted by Gasteiger charge is 2.32. The van der Waals surface area contributed by atoms with Gasteiger partial charge in [0.1, 0.15) is 18.0 Å². The van der Waals surface area contributed by atoms with Crippen molar-refractivity contribution in [2.24, 2.45) is 0 Å². The molecule has 0 bridgehead atoms. The van der Waals surface area contributed by atoms with Gasteiger partial charge in [0.2, 0.25) is 0 Å². The Morgan fingerprint density at radius 2 is 1.85 bits per heavy atom. The molecule has 5 nitrogen and oxygen atoms in total. The fraction of sp³-hybridized carbons (Fsp3) is 0.682. The summed E-state index contributed by atoms with van der Waals surface area (Å²) in [5.41, 5.74) is -0.0270. The lowest BCUT2D eigenvalue weighted by Crippen LogP contribution is -2.41. The number of nitrogens with zero attached hydrogens (tertiary/aromatic N) is 1. The van der Waals surface area contributed by atoms with Gasteiger partial charge >= 0.3 is 0 Å². The standard InChI is InChI=1S/C22H36N2O3/c1-4-5-7-14-22(2,26-3)21(25)23-19-10-12-20(13-11-19)27-18-17-24-15-8-6-9-16-24/h10-13H,4-9,14-18H2,1-3H3,(H,23,25). The van der Waals surface area contributed by atoms with E-state index in [0.717, 1.165) is 43.7 Å². The summed E-state index contributed by atoms with van der Waals surface area (Å²) in [5.74, 6) is 0.738. The predicted molar refractivity (Wildman–Crippen MR) is 110 cm³/mol. The van der Waals surface area contributed by atoms with Crippen molar-refractivity contribution in [3.8, 4) is 5.75 Å². The van der Waals surface area contributed by atoms with Crippen molar-refractivity contribution in [3.63, 3.8) is 0 Å². The van der Waals surface area contributed by atoms with E-state index in [4.69, 9.17) is 9.47 Å². The third kappa shape index (κ3) is 7.15. The van der Waals surface area contributed by atoms with E-state index in [1.807, 2.05) is 31.2 Å². The molecule has 1 atom stereocenters. The number of likely N-dealkylation sites (tertiary alicyclic amines) is 1. The molecule has 1 amide bonds. The summed E-state index contributed by atoms with van der Waals surface area (Å²) in [6.07, 6.45) is 7.89. The van der Waals surface area contributed by atoms with E-state index in [1.165, 1.54) is 32.4 Å². The Hall–Kier alpha value is -1.59. The van der Waals surface area contributed by atoms with Crippen LogP contribution in [0.1, 0.15) is 58.8 Å². The molecule has 1 aromatic carbocycles. The van der Waals surface area contributed by atoms with Gasteiger partial charge in [-0.25, -0.2) is 0 Å². The van der Waals surface area contributed by atoms with Crippen molar-refractivity contribution in [1.29, 1.82) is 0 Å². The van der Waals surface area contributed by atoms with Gasteiger partial charge in [-0.05, 0) is 63.5 Å². The van der Waals surface area contributed by atoms with Crippen molar-refractivity contribution in [2.45, 2.75) is 64.4 Å². The Morgan fingerprint density at radius 3 is 2.48 bits per heavy atom. The van der Waals surface area contributed by atoms with Crippen molar-refractivity contribution < 1.29 is 14.3 Å². The largest absolute Gasteiger partial charge is 0.492 e. The van der Waals surface area contributed by atoms with Crippen LogP contribution in [0.25, 0.3) is 0 Å². The van der Waals surface area contributed by atoms with Crippen LogP contribution in [0.3, 0.4) is 0 Å². The topological polar surface area (TPSA) is 50.8 Å². The SMILES string of the molecule is CCCCCC(C)(OC)C(=O)Nc1ccc(OCCN2CCCCC2)cc1. The number of nitrogens with one attached hydrogen (secondary N) is 1.